The van der Waals surface area contributed by atoms with Gasteiger partial charge in [-0.15, -0.1) is 11.8 Å². The molecular formula is C14H24N2. The van der Waals surface area contributed by atoms with Crippen LogP contribution >= 0.6 is 0 Å². The van der Waals surface area contributed by atoms with Gasteiger partial charge in [-0.1, -0.05) is 0 Å². The molecule has 0 aromatic rings. The molecule has 0 spiro atoms. The van der Waals surface area contributed by atoms with E-state index < -0.39 is 0 Å². The molecule has 2 nitrogen and oxygen atoms in total. The minimum atomic E-state index is 0.786. The standard InChI is InChI=1S/C14H24N2/c1-2-3-4-9-16-10-7-14(8-11-16)15-12-13-5-6-13/h13-15H,4-12H2,1H3. The number of piperidine rings is 1. The van der Waals surface area contributed by atoms with E-state index >= 15 is 0 Å². The fourth-order valence-electron chi connectivity index (χ4n) is 2.36. The SMILES string of the molecule is CC#CCCN1CCC(NCC2CC2)CC1. The number of hydrogen-bond donors (Lipinski definition) is 1. The smallest absolute Gasteiger partial charge is 0.0216 e. The second-order valence-corrected chi connectivity index (χ2v) is 5.14. The van der Waals surface area contributed by atoms with E-state index in [0.717, 1.165) is 24.9 Å². The van der Waals surface area contributed by atoms with Crippen molar-refractivity contribution in [2.75, 3.05) is 26.2 Å². The van der Waals surface area contributed by atoms with Crippen LogP contribution in [-0.2, 0) is 0 Å². The summed E-state index contributed by atoms with van der Waals surface area (Å²) in [6, 6.07) is 0.786. The van der Waals surface area contributed by atoms with Gasteiger partial charge in [0.05, 0.1) is 0 Å². The number of rotatable bonds is 5. The van der Waals surface area contributed by atoms with Crippen molar-refractivity contribution in [2.24, 2.45) is 5.92 Å². The zero-order chi connectivity index (χ0) is 11.2. The van der Waals surface area contributed by atoms with Gasteiger partial charge in [-0.2, -0.15) is 0 Å². The van der Waals surface area contributed by atoms with E-state index in [1.807, 2.05) is 6.92 Å². The Morgan fingerprint density at radius 2 is 1.94 bits per heavy atom. The molecular weight excluding hydrogens is 196 g/mol. The molecule has 0 bridgehead atoms. The summed E-state index contributed by atoms with van der Waals surface area (Å²) in [5.41, 5.74) is 0. The van der Waals surface area contributed by atoms with E-state index in [2.05, 4.69) is 22.1 Å². The van der Waals surface area contributed by atoms with Gasteiger partial charge in [0.1, 0.15) is 0 Å². The van der Waals surface area contributed by atoms with Crippen LogP contribution in [0.5, 0.6) is 0 Å². The number of nitrogens with zero attached hydrogens (tertiary/aromatic N) is 1. The van der Waals surface area contributed by atoms with Gasteiger partial charge in [0.15, 0.2) is 0 Å². The van der Waals surface area contributed by atoms with Gasteiger partial charge in [-0.25, -0.2) is 0 Å². The second-order valence-electron chi connectivity index (χ2n) is 5.14. The summed E-state index contributed by atoms with van der Waals surface area (Å²) >= 11 is 0. The van der Waals surface area contributed by atoms with Crippen LogP contribution in [-0.4, -0.2) is 37.1 Å². The number of hydrogen-bond acceptors (Lipinski definition) is 2. The highest BCUT2D eigenvalue weighted by Gasteiger charge is 2.24. The molecule has 1 N–H and O–H groups in total. The molecule has 0 aromatic carbocycles. The zero-order valence-corrected chi connectivity index (χ0v) is 10.5. The molecule has 0 aromatic heterocycles. The van der Waals surface area contributed by atoms with Gasteiger partial charge in [-0.05, 0) is 58.2 Å². The first kappa shape index (κ1) is 12.0. The van der Waals surface area contributed by atoms with E-state index in [-0.39, 0.29) is 0 Å². The lowest BCUT2D eigenvalue weighted by atomic mass is 10.0. The predicted octanol–water partition coefficient (Wildman–Crippen LogP) is 1.86. The molecule has 2 fully saturated rings. The summed E-state index contributed by atoms with van der Waals surface area (Å²) < 4.78 is 0. The Balaban J connectivity index is 1.55. The third kappa shape index (κ3) is 4.15. The average molecular weight is 220 g/mol. The third-order valence-electron chi connectivity index (χ3n) is 3.71. The van der Waals surface area contributed by atoms with Crippen molar-refractivity contribution in [1.82, 2.24) is 10.2 Å². The Morgan fingerprint density at radius 3 is 2.56 bits per heavy atom. The summed E-state index contributed by atoms with van der Waals surface area (Å²) in [6.07, 6.45) is 6.61. The monoisotopic (exact) mass is 220 g/mol. The zero-order valence-electron chi connectivity index (χ0n) is 10.5. The molecule has 0 amide bonds. The predicted molar refractivity (Wildman–Crippen MR) is 68.3 cm³/mol. The van der Waals surface area contributed by atoms with Crippen LogP contribution in [0, 0.1) is 17.8 Å². The van der Waals surface area contributed by atoms with Crippen molar-refractivity contribution in [1.29, 1.82) is 0 Å². The molecule has 2 heteroatoms. The summed E-state index contributed by atoms with van der Waals surface area (Å²) in [7, 11) is 0. The first-order valence-corrected chi connectivity index (χ1v) is 6.74. The first-order valence-electron chi connectivity index (χ1n) is 6.74. The fraction of sp³-hybridized carbons (Fsp3) is 0.857. The summed E-state index contributed by atoms with van der Waals surface area (Å²) in [4.78, 5) is 2.56. The molecule has 0 unspecified atom stereocenters. The van der Waals surface area contributed by atoms with E-state index in [1.165, 1.54) is 45.3 Å². The first-order chi connectivity index (χ1) is 7.88. The highest BCUT2D eigenvalue weighted by molar-refractivity contribution is 4.95. The van der Waals surface area contributed by atoms with Crippen molar-refractivity contribution in [3.8, 4) is 11.8 Å². The average Bonchev–Trinajstić information content (AvgIpc) is 3.12. The topological polar surface area (TPSA) is 15.3 Å². The molecule has 90 valence electrons. The highest BCUT2D eigenvalue weighted by Crippen LogP contribution is 2.28. The molecule has 16 heavy (non-hydrogen) atoms. The van der Waals surface area contributed by atoms with Gasteiger partial charge in [-0.3, -0.25) is 0 Å². The van der Waals surface area contributed by atoms with E-state index in [0.29, 0.717) is 0 Å². The Labute approximate surface area is 99.8 Å². The third-order valence-corrected chi connectivity index (χ3v) is 3.71. The minimum Gasteiger partial charge on any atom is -0.314 e. The molecule has 2 rings (SSSR count). The van der Waals surface area contributed by atoms with Crippen LogP contribution < -0.4 is 5.32 Å². The van der Waals surface area contributed by atoms with Gasteiger partial charge >= 0.3 is 0 Å². The molecule has 0 atom stereocenters. The molecule has 1 aliphatic heterocycles. The van der Waals surface area contributed by atoms with Crippen LogP contribution in [0.2, 0.25) is 0 Å². The van der Waals surface area contributed by atoms with Crippen LogP contribution in [0.1, 0.15) is 39.0 Å². The van der Waals surface area contributed by atoms with Gasteiger partial charge in [0, 0.05) is 19.0 Å². The molecule has 1 saturated heterocycles. The van der Waals surface area contributed by atoms with E-state index in [1.54, 1.807) is 0 Å². The Bertz CT molecular complexity index is 252. The summed E-state index contributed by atoms with van der Waals surface area (Å²) in [5.74, 6) is 7.13. The van der Waals surface area contributed by atoms with Crippen molar-refractivity contribution in [3.63, 3.8) is 0 Å². The maximum Gasteiger partial charge on any atom is 0.0216 e. The largest absolute Gasteiger partial charge is 0.314 e. The summed E-state index contributed by atoms with van der Waals surface area (Å²) in [6.45, 7) is 6.87. The number of likely N-dealkylation sites (tertiary alicyclic amines) is 1. The van der Waals surface area contributed by atoms with Crippen LogP contribution in [0.15, 0.2) is 0 Å². The molecule has 2 aliphatic rings. The van der Waals surface area contributed by atoms with Crippen molar-refractivity contribution in [2.45, 2.75) is 45.1 Å². The van der Waals surface area contributed by atoms with Crippen LogP contribution in [0.3, 0.4) is 0 Å². The van der Waals surface area contributed by atoms with Crippen molar-refractivity contribution < 1.29 is 0 Å². The van der Waals surface area contributed by atoms with Crippen molar-refractivity contribution >= 4 is 0 Å². The Morgan fingerprint density at radius 1 is 1.19 bits per heavy atom. The molecule has 1 saturated carbocycles. The van der Waals surface area contributed by atoms with Gasteiger partial charge in [0.2, 0.25) is 0 Å². The Kier molecular flexibility index (Phi) is 4.69. The van der Waals surface area contributed by atoms with Gasteiger partial charge < -0.3 is 10.2 Å². The maximum atomic E-state index is 3.72. The molecule has 1 heterocycles. The van der Waals surface area contributed by atoms with E-state index in [4.69, 9.17) is 0 Å². The molecule has 1 aliphatic carbocycles. The summed E-state index contributed by atoms with van der Waals surface area (Å²) in [5, 5.41) is 3.72. The Hall–Kier alpha value is -0.520. The fourth-order valence-corrected chi connectivity index (χ4v) is 2.36. The van der Waals surface area contributed by atoms with E-state index in [9.17, 15) is 0 Å². The van der Waals surface area contributed by atoms with Crippen LogP contribution in [0.4, 0.5) is 0 Å². The van der Waals surface area contributed by atoms with Crippen molar-refractivity contribution in [3.05, 3.63) is 0 Å². The second kappa shape index (κ2) is 6.27. The van der Waals surface area contributed by atoms with Crippen LogP contribution in [0.25, 0.3) is 0 Å². The highest BCUT2D eigenvalue weighted by atomic mass is 15.1. The van der Waals surface area contributed by atoms with Gasteiger partial charge in [0.25, 0.3) is 0 Å². The lowest BCUT2D eigenvalue weighted by molar-refractivity contribution is 0.201. The maximum absolute atomic E-state index is 3.72. The normalized spacial score (nSPS) is 22.8. The number of nitrogens with one attached hydrogen (secondary N) is 1. The quantitative estimate of drug-likeness (QED) is 0.712. The molecule has 0 radical (unpaired) electrons. The lowest BCUT2D eigenvalue weighted by Crippen LogP contribution is -2.43. The lowest BCUT2D eigenvalue weighted by Gasteiger charge is -2.32. The minimum absolute atomic E-state index is 0.786.